The topological polar surface area (TPSA) is 117 Å². The summed E-state index contributed by atoms with van der Waals surface area (Å²) in [6.07, 6.45) is 3.42. The van der Waals surface area contributed by atoms with Crippen LogP contribution in [0.15, 0.2) is 24.3 Å². The van der Waals surface area contributed by atoms with Gasteiger partial charge >= 0.3 is 0 Å². The number of hydrogen-bond acceptors (Lipinski definition) is 6. The molecule has 0 radical (unpaired) electrons. The van der Waals surface area contributed by atoms with Crippen molar-refractivity contribution in [3.05, 3.63) is 24.3 Å². The monoisotopic (exact) mass is 515 g/mol. The second-order valence-corrected chi connectivity index (χ2v) is 10.8. The first kappa shape index (κ1) is 27.4. The Hall–Kier alpha value is -2.65. The Balaban J connectivity index is 1.64. The maximum Gasteiger partial charge on any atom is 0.245 e. The number of ether oxygens (including phenoxy) is 2. The molecule has 1 spiro atoms. The lowest BCUT2D eigenvalue weighted by molar-refractivity contribution is -0.146. The van der Waals surface area contributed by atoms with Gasteiger partial charge < -0.3 is 30.1 Å². The molecule has 9 heteroatoms. The van der Waals surface area contributed by atoms with Gasteiger partial charge in [-0.05, 0) is 69.7 Å². The van der Waals surface area contributed by atoms with E-state index in [4.69, 9.17) is 9.47 Å². The highest BCUT2D eigenvalue weighted by molar-refractivity contribution is 6.02. The Morgan fingerprint density at radius 3 is 2.54 bits per heavy atom. The van der Waals surface area contributed by atoms with Crippen molar-refractivity contribution in [1.82, 2.24) is 10.2 Å². The maximum atomic E-state index is 14.0. The summed E-state index contributed by atoms with van der Waals surface area (Å²) in [5.41, 5.74) is -1.31. The Kier molecular flexibility index (Phi) is 8.14. The second kappa shape index (κ2) is 11.0. The zero-order chi connectivity index (χ0) is 26.8. The van der Waals surface area contributed by atoms with Gasteiger partial charge in [-0.3, -0.25) is 14.4 Å². The molecule has 3 aliphatic heterocycles. The lowest BCUT2D eigenvalue weighted by Gasteiger charge is -2.36. The fourth-order valence-electron chi connectivity index (χ4n) is 6.58. The van der Waals surface area contributed by atoms with E-state index < -0.39 is 29.1 Å². The number of fused-ring (bicyclic) bond motifs is 1. The first-order valence-corrected chi connectivity index (χ1v) is 13.7. The third-order valence-corrected chi connectivity index (χ3v) is 8.41. The summed E-state index contributed by atoms with van der Waals surface area (Å²) < 4.78 is 12.2. The number of hydrogen-bond donors (Lipinski definition) is 3. The van der Waals surface area contributed by atoms with E-state index >= 15 is 0 Å². The number of amides is 3. The molecule has 37 heavy (non-hydrogen) atoms. The molecule has 0 saturated carbocycles. The second-order valence-electron chi connectivity index (χ2n) is 10.8. The molecule has 9 nitrogen and oxygen atoms in total. The van der Waals surface area contributed by atoms with Crippen molar-refractivity contribution in [2.75, 3.05) is 31.6 Å². The maximum absolute atomic E-state index is 14.0. The van der Waals surface area contributed by atoms with Gasteiger partial charge in [0.25, 0.3) is 0 Å². The largest absolute Gasteiger partial charge is 0.494 e. The van der Waals surface area contributed by atoms with E-state index in [2.05, 4.69) is 17.6 Å². The van der Waals surface area contributed by atoms with Crippen molar-refractivity contribution in [2.24, 2.45) is 17.8 Å². The van der Waals surface area contributed by atoms with Crippen molar-refractivity contribution in [2.45, 2.75) is 77.0 Å². The Morgan fingerprint density at radius 2 is 1.89 bits per heavy atom. The van der Waals surface area contributed by atoms with Gasteiger partial charge in [-0.15, -0.1) is 0 Å². The van der Waals surface area contributed by atoms with Crippen LogP contribution in [0.4, 0.5) is 5.69 Å². The van der Waals surface area contributed by atoms with Crippen LogP contribution in [0.1, 0.15) is 59.8 Å². The molecule has 1 aromatic carbocycles. The number of nitrogens with zero attached hydrogens (tertiary/aromatic N) is 1. The molecular formula is C28H41N3O6. The molecule has 3 N–H and O–H groups in total. The lowest BCUT2D eigenvalue weighted by atomic mass is 9.62. The first-order chi connectivity index (χ1) is 17.7. The van der Waals surface area contributed by atoms with Crippen LogP contribution in [0.3, 0.4) is 0 Å². The van der Waals surface area contributed by atoms with E-state index in [0.29, 0.717) is 50.4 Å². The van der Waals surface area contributed by atoms with Gasteiger partial charge in [-0.25, -0.2) is 0 Å². The summed E-state index contributed by atoms with van der Waals surface area (Å²) in [5.74, 6) is -1.49. The van der Waals surface area contributed by atoms with E-state index in [-0.39, 0.29) is 30.2 Å². The average Bonchev–Trinajstić information content (AvgIpc) is 3.37. The van der Waals surface area contributed by atoms with Crippen molar-refractivity contribution in [3.8, 4) is 5.75 Å². The number of aliphatic hydroxyl groups excluding tert-OH is 1. The molecule has 3 heterocycles. The van der Waals surface area contributed by atoms with E-state index in [1.54, 1.807) is 29.2 Å². The van der Waals surface area contributed by atoms with E-state index in [1.807, 2.05) is 20.8 Å². The van der Waals surface area contributed by atoms with Crippen LogP contribution in [0.5, 0.6) is 5.75 Å². The SMILES string of the molecule is CCCCNC(=O)C1N(CCCCO)C(=O)[C@@H]2[C@@H](C(=O)Nc3ccc(OCC)cc3)[C@]3(C)OC12CC3C. The predicted molar refractivity (Wildman–Crippen MR) is 139 cm³/mol. The number of carbonyl (C=O) groups excluding carboxylic acids is 3. The van der Waals surface area contributed by atoms with Gasteiger partial charge in [0.05, 0.1) is 24.0 Å². The van der Waals surface area contributed by atoms with Crippen molar-refractivity contribution in [3.63, 3.8) is 0 Å². The molecule has 0 aromatic heterocycles. The molecule has 2 bridgehead atoms. The molecule has 4 rings (SSSR count). The van der Waals surface area contributed by atoms with Crippen LogP contribution in [0.25, 0.3) is 0 Å². The van der Waals surface area contributed by atoms with E-state index in [0.717, 1.165) is 12.8 Å². The Labute approximate surface area is 219 Å². The number of benzene rings is 1. The minimum absolute atomic E-state index is 0.0166. The standard InChI is InChI=1S/C28H41N3O6/c1-5-7-14-29-25(34)23-28-17-18(3)27(4,37-28)21(22(28)26(35)31(23)15-8-9-16-32)24(33)30-19-10-12-20(13-11-19)36-6-2/h10-13,18,21-23,32H,5-9,14-17H2,1-4H3,(H,29,34)(H,30,33)/t18?,21-,22-,23?,27+,28?/m0/s1. The quantitative estimate of drug-likeness (QED) is 0.369. The number of aliphatic hydroxyl groups is 1. The fraction of sp³-hybridized carbons (Fsp3) is 0.679. The van der Waals surface area contributed by atoms with Crippen LogP contribution in [-0.2, 0) is 19.1 Å². The van der Waals surface area contributed by atoms with Gasteiger partial charge in [-0.1, -0.05) is 20.3 Å². The zero-order valence-electron chi connectivity index (χ0n) is 22.4. The molecule has 3 aliphatic rings. The predicted octanol–water partition coefficient (Wildman–Crippen LogP) is 2.72. The number of anilines is 1. The summed E-state index contributed by atoms with van der Waals surface area (Å²) in [5, 5.41) is 15.3. The minimum Gasteiger partial charge on any atom is -0.494 e. The number of likely N-dealkylation sites (tertiary alicyclic amines) is 1. The van der Waals surface area contributed by atoms with Crippen molar-refractivity contribution in [1.29, 1.82) is 0 Å². The van der Waals surface area contributed by atoms with Crippen LogP contribution < -0.4 is 15.4 Å². The average molecular weight is 516 g/mol. The molecule has 204 valence electrons. The number of carbonyl (C=O) groups is 3. The molecule has 3 saturated heterocycles. The van der Waals surface area contributed by atoms with Gasteiger partial charge in [0.2, 0.25) is 17.7 Å². The summed E-state index contributed by atoms with van der Waals surface area (Å²) >= 11 is 0. The lowest BCUT2D eigenvalue weighted by Crippen LogP contribution is -2.55. The molecule has 3 unspecified atom stereocenters. The molecule has 6 atom stereocenters. The first-order valence-electron chi connectivity index (χ1n) is 13.7. The minimum atomic E-state index is -1.05. The third kappa shape index (κ3) is 4.72. The van der Waals surface area contributed by atoms with Gasteiger partial charge in [0.15, 0.2) is 0 Å². The Bertz CT molecular complexity index is 1000. The van der Waals surface area contributed by atoms with Crippen LogP contribution in [-0.4, -0.2) is 71.3 Å². The van der Waals surface area contributed by atoms with E-state index in [9.17, 15) is 19.5 Å². The molecule has 0 aliphatic carbocycles. The zero-order valence-corrected chi connectivity index (χ0v) is 22.4. The molecule has 3 amide bonds. The third-order valence-electron chi connectivity index (χ3n) is 8.41. The van der Waals surface area contributed by atoms with Gasteiger partial charge in [-0.2, -0.15) is 0 Å². The van der Waals surface area contributed by atoms with Crippen LogP contribution >= 0.6 is 0 Å². The number of unbranched alkanes of at least 4 members (excludes halogenated alkanes) is 2. The summed E-state index contributed by atoms with van der Waals surface area (Å²) in [7, 11) is 0. The van der Waals surface area contributed by atoms with E-state index in [1.165, 1.54) is 0 Å². The number of rotatable bonds is 12. The smallest absolute Gasteiger partial charge is 0.245 e. The van der Waals surface area contributed by atoms with Crippen molar-refractivity contribution >= 4 is 23.4 Å². The van der Waals surface area contributed by atoms with Crippen LogP contribution in [0.2, 0.25) is 0 Å². The Morgan fingerprint density at radius 1 is 1.16 bits per heavy atom. The van der Waals surface area contributed by atoms with Crippen molar-refractivity contribution < 1.29 is 29.0 Å². The molecule has 1 aromatic rings. The highest BCUT2D eigenvalue weighted by Gasteiger charge is 2.79. The van der Waals surface area contributed by atoms with Gasteiger partial charge in [0, 0.05) is 25.4 Å². The molecular weight excluding hydrogens is 474 g/mol. The van der Waals surface area contributed by atoms with Gasteiger partial charge in [0.1, 0.15) is 17.4 Å². The number of nitrogens with one attached hydrogen (secondary N) is 2. The highest BCUT2D eigenvalue weighted by Crippen LogP contribution is 2.65. The molecule has 3 fully saturated rings. The summed E-state index contributed by atoms with van der Waals surface area (Å²) in [6.45, 7) is 9.34. The highest BCUT2D eigenvalue weighted by atomic mass is 16.5. The van der Waals surface area contributed by atoms with Crippen LogP contribution in [0, 0.1) is 17.8 Å². The summed E-state index contributed by atoms with van der Waals surface area (Å²) in [6, 6.07) is 6.35. The normalized spacial score (nSPS) is 31.9. The fourth-order valence-corrected chi connectivity index (χ4v) is 6.58. The summed E-state index contributed by atoms with van der Waals surface area (Å²) in [4.78, 5) is 42.9.